The van der Waals surface area contributed by atoms with Crippen LogP contribution in [0.3, 0.4) is 0 Å². The van der Waals surface area contributed by atoms with Crippen molar-refractivity contribution in [1.29, 1.82) is 0 Å². The van der Waals surface area contributed by atoms with Gasteiger partial charge in [0.2, 0.25) is 0 Å². The summed E-state index contributed by atoms with van der Waals surface area (Å²) < 4.78 is 12.7. The van der Waals surface area contributed by atoms with Crippen LogP contribution in [0.1, 0.15) is 24.3 Å². The summed E-state index contributed by atoms with van der Waals surface area (Å²) >= 11 is 0. The molecule has 1 rings (SSSR count). The third-order valence-corrected chi connectivity index (χ3v) is 2.51. The first kappa shape index (κ1) is 13.6. The average Bonchev–Trinajstić information content (AvgIpc) is 2.28. The zero-order chi connectivity index (χ0) is 13.1. The lowest BCUT2D eigenvalue weighted by Gasteiger charge is -2.28. The molecule has 1 aromatic heterocycles. The minimum absolute atomic E-state index is 0.148. The van der Waals surface area contributed by atoms with Crippen molar-refractivity contribution in [1.82, 2.24) is 9.88 Å². The average molecular weight is 239 g/mol. The van der Waals surface area contributed by atoms with Gasteiger partial charge in [-0.3, -0.25) is 4.79 Å². The Labute approximate surface area is 101 Å². The van der Waals surface area contributed by atoms with E-state index in [1.54, 1.807) is 11.9 Å². The van der Waals surface area contributed by atoms with Crippen molar-refractivity contribution in [2.24, 2.45) is 11.1 Å². The highest BCUT2D eigenvalue weighted by Gasteiger charge is 2.22. The van der Waals surface area contributed by atoms with Crippen molar-refractivity contribution >= 4 is 5.91 Å². The largest absolute Gasteiger partial charge is 0.340 e. The lowest BCUT2D eigenvalue weighted by Crippen LogP contribution is -2.40. The molecule has 0 spiro atoms. The van der Waals surface area contributed by atoms with Crippen molar-refractivity contribution in [2.75, 3.05) is 20.1 Å². The van der Waals surface area contributed by atoms with Gasteiger partial charge in [0.15, 0.2) is 0 Å². The molecule has 0 fully saturated rings. The van der Waals surface area contributed by atoms with Gasteiger partial charge in [0, 0.05) is 13.6 Å². The number of carbonyl (C=O) groups excluding carboxylic acids is 1. The molecule has 1 amide bonds. The van der Waals surface area contributed by atoms with Gasteiger partial charge in [-0.05, 0) is 24.1 Å². The van der Waals surface area contributed by atoms with Crippen molar-refractivity contribution in [3.05, 3.63) is 29.8 Å². The Hall–Kier alpha value is -1.49. The Balaban J connectivity index is 2.73. The van der Waals surface area contributed by atoms with Crippen molar-refractivity contribution in [3.8, 4) is 0 Å². The molecule has 4 nitrogen and oxygen atoms in total. The molecule has 1 aromatic rings. The van der Waals surface area contributed by atoms with E-state index in [2.05, 4.69) is 4.98 Å². The number of rotatable bonds is 4. The molecule has 94 valence electrons. The molecule has 0 atom stereocenters. The van der Waals surface area contributed by atoms with E-state index in [-0.39, 0.29) is 17.0 Å². The number of pyridine rings is 1. The van der Waals surface area contributed by atoms with Crippen LogP contribution < -0.4 is 5.73 Å². The van der Waals surface area contributed by atoms with Gasteiger partial charge in [-0.1, -0.05) is 13.8 Å². The zero-order valence-corrected chi connectivity index (χ0v) is 10.4. The number of hydrogen-bond donors (Lipinski definition) is 1. The van der Waals surface area contributed by atoms with E-state index in [9.17, 15) is 9.18 Å². The summed E-state index contributed by atoms with van der Waals surface area (Å²) in [5.74, 6) is -0.682. The number of aromatic nitrogens is 1. The van der Waals surface area contributed by atoms with E-state index in [1.807, 2.05) is 13.8 Å². The highest BCUT2D eigenvalue weighted by Crippen LogP contribution is 2.15. The SMILES string of the molecule is CN(CC(C)(C)CN)C(=O)c1ccc(F)cn1. The molecule has 0 aromatic carbocycles. The van der Waals surface area contributed by atoms with Crippen molar-refractivity contribution in [3.63, 3.8) is 0 Å². The molecule has 0 aliphatic heterocycles. The fourth-order valence-electron chi connectivity index (χ4n) is 1.48. The highest BCUT2D eigenvalue weighted by atomic mass is 19.1. The van der Waals surface area contributed by atoms with Crippen LogP contribution in [0.4, 0.5) is 4.39 Å². The molecule has 0 saturated carbocycles. The number of nitrogens with zero attached hydrogens (tertiary/aromatic N) is 2. The van der Waals surface area contributed by atoms with Gasteiger partial charge in [-0.15, -0.1) is 0 Å². The second kappa shape index (κ2) is 5.23. The third kappa shape index (κ3) is 3.78. The molecule has 0 aliphatic rings. The summed E-state index contributed by atoms with van der Waals surface area (Å²) in [6, 6.07) is 2.60. The van der Waals surface area contributed by atoms with Gasteiger partial charge < -0.3 is 10.6 Å². The van der Waals surface area contributed by atoms with Crippen LogP contribution in [0.25, 0.3) is 0 Å². The number of amides is 1. The fraction of sp³-hybridized carbons (Fsp3) is 0.500. The van der Waals surface area contributed by atoms with Crippen LogP contribution in [0, 0.1) is 11.2 Å². The fourth-order valence-corrected chi connectivity index (χ4v) is 1.48. The van der Waals surface area contributed by atoms with Crippen LogP contribution in [0.15, 0.2) is 18.3 Å². The normalized spacial score (nSPS) is 11.4. The minimum Gasteiger partial charge on any atom is -0.340 e. The Kier molecular flexibility index (Phi) is 4.17. The van der Waals surface area contributed by atoms with E-state index in [4.69, 9.17) is 5.73 Å². The Morgan fingerprint density at radius 2 is 2.18 bits per heavy atom. The summed E-state index contributed by atoms with van der Waals surface area (Å²) in [5, 5.41) is 0. The molecule has 0 aliphatic carbocycles. The summed E-state index contributed by atoms with van der Waals surface area (Å²) in [4.78, 5) is 17.3. The van der Waals surface area contributed by atoms with Crippen molar-refractivity contribution in [2.45, 2.75) is 13.8 Å². The van der Waals surface area contributed by atoms with Crippen molar-refractivity contribution < 1.29 is 9.18 Å². The quantitative estimate of drug-likeness (QED) is 0.861. The molecule has 2 N–H and O–H groups in total. The van der Waals surface area contributed by atoms with Crippen LogP contribution in [-0.4, -0.2) is 35.9 Å². The van der Waals surface area contributed by atoms with Gasteiger partial charge in [0.05, 0.1) is 6.20 Å². The van der Waals surface area contributed by atoms with Gasteiger partial charge in [0.25, 0.3) is 5.91 Å². The van der Waals surface area contributed by atoms with Gasteiger partial charge in [-0.2, -0.15) is 0 Å². The molecular formula is C12H18FN3O. The molecule has 5 heteroatoms. The van der Waals surface area contributed by atoms with E-state index in [1.165, 1.54) is 12.1 Å². The topological polar surface area (TPSA) is 59.2 Å². The first-order chi connectivity index (χ1) is 7.85. The van der Waals surface area contributed by atoms with E-state index < -0.39 is 5.82 Å². The minimum atomic E-state index is -0.452. The van der Waals surface area contributed by atoms with Crippen LogP contribution in [0.2, 0.25) is 0 Å². The second-order valence-corrected chi connectivity index (χ2v) is 4.89. The standard InChI is InChI=1S/C12H18FN3O/c1-12(2,7-14)8-16(3)11(17)10-5-4-9(13)6-15-10/h4-6H,7-8,14H2,1-3H3. The summed E-state index contributed by atoms with van der Waals surface area (Å²) in [6.45, 7) is 4.98. The van der Waals surface area contributed by atoms with Gasteiger partial charge in [0.1, 0.15) is 11.5 Å². The number of hydrogen-bond acceptors (Lipinski definition) is 3. The monoisotopic (exact) mass is 239 g/mol. The molecular weight excluding hydrogens is 221 g/mol. The maximum atomic E-state index is 12.7. The number of halogens is 1. The molecule has 0 bridgehead atoms. The first-order valence-electron chi connectivity index (χ1n) is 5.43. The third-order valence-electron chi connectivity index (χ3n) is 2.51. The molecule has 1 heterocycles. The maximum Gasteiger partial charge on any atom is 0.272 e. The highest BCUT2D eigenvalue weighted by molar-refractivity contribution is 5.92. The zero-order valence-electron chi connectivity index (χ0n) is 10.4. The Morgan fingerprint density at radius 1 is 1.53 bits per heavy atom. The summed E-state index contributed by atoms with van der Waals surface area (Å²) in [5.41, 5.74) is 5.70. The van der Waals surface area contributed by atoms with Crippen LogP contribution in [-0.2, 0) is 0 Å². The predicted molar refractivity (Wildman–Crippen MR) is 64.0 cm³/mol. The van der Waals surface area contributed by atoms with E-state index >= 15 is 0 Å². The van der Waals surface area contributed by atoms with E-state index in [0.29, 0.717) is 13.1 Å². The second-order valence-electron chi connectivity index (χ2n) is 4.89. The molecule has 0 unspecified atom stereocenters. The van der Waals surface area contributed by atoms with Crippen LogP contribution >= 0.6 is 0 Å². The van der Waals surface area contributed by atoms with Gasteiger partial charge in [-0.25, -0.2) is 9.37 Å². The maximum absolute atomic E-state index is 12.7. The smallest absolute Gasteiger partial charge is 0.272 e. The molecule has 0 radical (unpaired) electrons. The summed E-state index contributed by atoms with van der Waals surface area (Å²) in [6.07, 6.45) is 1.04. The summed E-state index contributed by atoms with van der Waals surface area (Å²) in [7, 11) is 1.69. The first-order valence-corrected chi connectivity index (χ1v) is 5.43. The van der Waals surface area contributed by atoms with Gasteiger partial charge >= 0.3 is 0 Å². The number of carbonyl (C=O) groups is 1. The van der Waals surface area contributed by atoms with E-state index in [0.717, 1.165) is 6.20 Å². The lowest BCUT2D eigenvalue weighted by molar-refractivity contribution is 0.0734. The molecule has 17 heavy (non-hydrogen) atoms. The molecule has 0 saturated heterocycles. The number of nitrogens with two attached hydrogens (primary N) is 1. The Bertz CT molecular complexity index is 389. The van der Waals surface area contributed by atoms with Crippen LogP contribution in [0.5, 0.6) is 0 Å². The predicted octanol–water partition coefficient (Wildman–Crippen LogP) is 1.28. The lowest BCUT2D eigenvalue weighted by atomic mass is 9.93. The Morgan fingerprint density at radius 3 is 2.65 bits per heavy atom.